The summed E-state index contributed by atoms with van der Waals surface area (Å²) < 4.78 is 0. The Morgan fingerprint density at radius 1 is 1.20 bits per heavy atom. The van der Waals surface area contributed by atoms with Crippen LogP contribution in [0.3, 0.4) is 0 Å². The minimum absolute atomic E-state index is 0.0425. The van der Waals surface area contributed by atoms with E-state index < -0.39 is 5.97 Å². The second kappa shape index (κ2) is 7.76. The fraction of sp³-hybridized carbons (Fsp3) is 0.562. The molecule has 0 spiro atoms. The minimum atomic E-state index is -0.782. The Labute approximate surface area is 156 Å². The standard InChI is InChI=1S/C16H20Cl2N4O3/c17-12-7-13(18)15(19-8-12)22-5-3-21(4-6-22)14(23)10-20-2-1-11(9-20)16(24)25/h7-8,11H,1-6,9-10H2,(H,24,25). The van der Waals surface area contributed by atoms with Crippen molar-refractivity contribution in [1.82, 2.24) is 14.8 Å². The van der Waals surface area contributed by atoms with E-state index in [0.717, 1.165) is 0 Å². The van der Waals surface area contributed by atoms with Crippen molar-refractivity contribution in [3.63, 3.8) is 0 Å². The third kappa shape index (κ3) is 4.34. The Morgan fingerprint density at radius 2 is 1.92 bits per heavy atom. The van der Waals surface area contributed by atoms with Crippen LogP contribution in [0.4, 0.5) is 5.82 Å². The number of carbonyl (C=O) groups is 2. The summed E-state index contributed by atoms with van der Waals surface area (Å²) in [5, 5.41) is 10.0. The van der Waals surface area contributed by atoms with Gasteiger partial charge in [-0.3, -0.25) is 14.5 Å². The Kier molecular flexibility index (Phi) is 5.66. The molecule has 0 bridgehead atoms. The lowest BCUT2D eigenvalue weighted by Gasteiger charge is -2.36. The quantitative estimate of drug-likeness (QED) is 0.843. The van der Waals surface area contributed by atoms with Gasteiger partial charge in [-0.2, -0.15) is 0 Å². The number of carboxylic acids is 1. The summed E-state index contributed by atoms with van der Waals surface area (Å²) >= 11 is 12.1. The average Bonchev–Trinajstić information content (AvgIpc) is 3.04. The number of rotatable bonds is 4. The molecule has 3 heterocycles. The molecule has 1 atom stereocenters. The molecule has 1 aromatic heterocycles. The number of piperazine rings is 1. The lowest BCUT2D eigenvalue weighted by Crippen LogP contribution is -2.51. The van der Waals surface area contributed by atoms with E-state index >= 15 is 0 Å². The first kappa shape index (κ1) is 18.2. The van der Waals surface area contributed by atoms with Gasteiger partial charge in [-0.25, -0.2) is 4.98 Å². The van der Waals surface area contributed by atoms with Gasteiger partial charge in [-0.15, -0.1) is 0 Å². The van der Waals surface area contributed by atoms with Crippen LogP contribution in [0.15, 0.2) is 12.3 Å². The molecule has 2 fully saturated rings. The van der Waals surface area contributed by atoms with Crippen molar-refractivity contribution in [3.05, 3.63) is 22.3 Å². The van der Waals surface area contributed by atoms with Crippen molar-refractivity contribution in [2.75, 3.05) is 50.7 Å². The average molecular weight is 387 g/mol. The largest absolute Gasteiger partial charge is 0.481 e. The predicted molar refractivity (Wildman–Crippen MR) is 95.2 cm³/mol. The maximum Gasteiger partial charge on any atom is 0.307 e. The highest BCUT2D eigenvalue weighted by atomic mass is 35.5. The van der Waals surface area contributed by atoms with E-state index in [4.69, 9.17) is 28.3 Å². The van der Waals surface area contributed by atoms with Crippen molar-refractivity contribution >= 4 is 40.9 Å². The van der Waals surface area contributed by atoms with Crippen LogP contribution in [0.25, 0.3) is 0 Å². The van der Waals surface area contributed by atoms with Crippen LogP contribution in [-0.2, 0) is 9.59 Å². The first-order valence-electron chi connectivity index (χ1n) is 8.23. The van der Waals surface area contributed by atoms with E-state index in [-0.39, 0.29) is 18.4 Å². The van der Waals surface area contributed by atoms with Crippen molar-refractivity contribution in [2.45, 2.75) is 6.42 Å². The summed E-state index contributed by atoms with van der Waals surface area (Å²) in [7, 11) is 0. The van der Waals surface area contributed by atoms with Crippen molar-refractivity contribution in [1.29, 1.82) is 0 Å². The number of halogens is 2. The van der Waals surface area contributed by atoms with Crippen LogP contribution < -0.4 is 4.90 Å². The fourth-order valence-corrected chi connectivity index (χ4v) is 3.78. The molecule has 1 N–H and O–H groups in total. The molecule has 0 saturated carbocycles. The van der Waals surface area contributed by atoms with Crippen LogP contribution >= 0.6 is 23.2 Å². The number of aliphatic carboxylic acids is 1. The van der Waals surface area contributed by atoms with Gasteiger partial charge in [0.25, 0.3) is 0 Å². The van der Waals surface area contributed by atoms with Gasteiger partial charge in [-0.05, 0) is 19.0 Å². The summed E-state index contributed by atoms with van der Waals surface area (Å²) in [6.07, 6.45) is 2.17. The van der Waals surface area contributed by atoms with Gasteiger partial charge in [0.05, 0.1) is 22.5 Å². The van der Waals surface area contributed by atoms with Gasteiger partial charge in [-0.1, -0.05) is 23.2 Å². The van der Waals surface area contributed by atoms with Crippen LogP contribution in [0.1, 0.15) is 6.42 Å². The number of pyridine rings is 1. The highest BCUT2D eigenvalue weighted by Crippen LogP contribution is 2.26. The molecule has 2 saturated heterocycles. The number of anilines is 1. The lowest BCUT2D eigenvalue weighted by atomic mass is 10.1. The molecule has 1 aromatic rings. The zero-order chi connectivity index (χ0) is 18.0. The Morgan fingerprint density at radius 3 is 2.52 bits per heavy atom. The third-order valence-corrected chi connectivity index (χ3v) is 5.19. The zero-order valence-corrected chi connectivity index (χ0v) is 15.2. The monoisotopic (exact) mass is 386 g/mol. The first-order valence-corrected chi connectivity index (χ1v) is 8.98. The van der Waals surface area contributed by atoms with Gasteiger partial charge >= 0.3 is 5.97 Å². The van der Waals surface area contributed by atoms with E-state index in [9.17, 15) is 9.59 Å². The Bertz CT molecular complexity index is 665. The summed E-state index contributed by atoms with van der Waals surface area (Å²) in [6.45, 7) is 3.88. The van der Waals surface area contributed by atoms with Crippen molar-refractivity contribution in [3.8, 4) is 0 Å². The summed E-state index contributed by atoms with van der Waals surface area (Å²) in [6, 6.07) is 1.66. The van der Waals surface area contributed by atoms with E-state index in [0.29, 0.717) is 61.6 Å². The van der Waals surface area contributed by atoms with Gasteiger partial charge in [0.1, 0.15) is 5.82 Å². The van der Waals surface area contributed by atoms with E-state index in [1.54, 1.807) is 12.3 Å². The number of hydrogen-bond acceptors (Lipinski definition) is 5. The topological polar surface area (TPSA) is 77.0 Å². The molecule has 2 aliphatic heterocycles. The maximum absolute atomic E-state index is 12.4. The highest BCUT2D eigenvalue weighted by molar-refractivity contribution is 6.36. The number of amides is 1. The molecule has 1 amide bonds. The van der Waals surface area contributed by atoms with E-state index in [2.05, 4.69) is 4.98 Å². The van der Waals surface area contributed by atoms with Crippen LogP contribution in [0, 0.1) is 5.92 Å². The van der Waals surface area contributed by atoms with E-state index in [1.165, 1.54) is 0 Å². The van der Waals surface area contributed by atoms with Crippen LogP contribution in [-0.4, -0.2) is 77.6 Å². The normalized spacial score (nSPS) is 21.6. The summed E-state index contributed by atoms with van der Waals surface area (Å²) in [4.78, 5) is 33.5. The molecule has 2 aliphatic rings. The maximum atomic E-state index is 12.4. The molecular formula is C16H20Cl2N4O3. The lowest BCUT2D eigenvalue weighted by molar-refractivity contribution is -0.141. The number of hydrogen-bond donors (Lipinski definition) is 1. The van der Waals surface area contributed by atoms with Crippen LogP contribution in [0.5, 0.6) is 0 Å². The molecule has 0 aliphatic carbocycles. The van der Waals surface area contributed by atoms with Crippen molar-refractivity contribution in [2.24, 2.45) is 5.92 Å². The van der Waals surface area contributed by atoms with E-state index in [1.807, 2.05) is 14.7 Å². The minimum Gasteiger partial charge on any atom is -0.481 e. The van der Waals surface area contributed by atoms with Gasteiger partial charge < -0.3 is 14.9 Å². The number of likely N-dealkylation sites (tertiary alicyclic amines) is 1. The number of carbonyl (C=O) groups excluding carboxylic acids is 1. The van der Waals surface area contributed by atoms with Gasteiger partial charge in [0.2, 0.25) is 5.91 Å². The molecule has 0 aromatic carbocycles. The molecule has 7 nitrogen and oxygen atoms in total. The Balaban J connectivity index is 1.50. The predicted octanol–water partition coefficient (Wildman–Crippen LogP) is 1.44. The zero-order valence-electron chi connectivity index (χ0n) is 13.7. The van der Waals surface area contributed by atoms with Gasteiger partial charge in [0.15, 0.2) is 0 Å². The number of nitrogens with zero attached hydrogens (tertiary/aromatic N) is 4. The molecule has 0 radical (unpaired) electrons. The summed E-state index contributed by atoms with van der Waals surface area (Å²) in [5.41, 5.74) is 0. The second-order valence-corrected chi connectivity index (χ2v) is 7.23. The highest BCUT2D eigenvalue weighted by Gasteiger charge is 2.31. The first-order chi connectivity index (χ1) is 11.9. The third-order valence-electron chi connectivity index (χ3n) is 4.70. The molecule has 1 unspecified atom stereocenters. The summed E-state index contributed by atoms with van der Waals surface area (Å²) in [5.74, 6) is -0.415. The van der Waals surface area contributed by atoms with Gasteiger partial charge in [0, 0.05) is 38.9 Å². The molecule has 25 heavy (non-hydrogen) atoms. The number of carboxylic acid groups (broad SMARTS) is 1. The van der Waals surface area contributed by atoms with Crippen LogP contribution in [0.2, 0.25) is 10.0 Å². The second-order valence-electron chi connectivity index (χ2n) is 6.39. The SMILES string of the molecule is O=C(O)C1CCN(CC(=O)N2CCN(c3ncc(Cl)cc3Cl)CC2)C1. The number of aromatic nitrogens is 1. The smallest absolute Gasteiger partial charge is 0.307 e. The molecule has 136 valence electrons. The van der Waals surface area contributed by atoms with Crippen molar-refractivity contribution < 1.29 is 14.7 Å². The molecular weight excluding hydrogens is 367 g/mol. The molecule has 3 rings (SSSR count). The Hall–Kier alpha value is -1.57. The fourth-order valence-electron chi connectivity index (χ4n) is 3.28. The molecule has 9 heteroatoms.